The van der Waals surface area contributed by atoms with Crippen LogP contribution in [0.5, 0.6) is 0 Å². The van der Waals surface area contributed by atoms with Crippen molar-refractivity contribution in [3.8, 4) is 0 Å². The lowest BCUT2D eigenvalue weighted by molar-refractivity contribution is 0.0519. The Kier molecular flexibility index (Phi) is 6.16. The Bertz CT molecular complexity index is 366. The highest BCUT2D eigenvalue weighted by Gasteiger charge is 2.17. The van der Waals surface area contributed by atoms with Crippen LogP contribution in [-0.4, -0.2) is 56.1 Å². The van der Waals surface area contributed by atoms with Crippen LogP contribution in [0.25, 0.3) is 0 Å². The quantitative estimate of drug-likeness (QED) is 0.671. The number of rotatable bonds is 8. The molecule has 7 nitrogen and oxygen atoms in total. The van der Waals surface area contributed by atoms with Crippen LogP contribution in [-0.2, 0) is 9.47 Å². The molecule has 0 saturated heterocycles. The number of aromatic nitrogens is 1. The third-order valence-electron chi connectivity index (χ3n) is 2.18. The third kappa shape index (κ3) is 4.01. The number of anilines is 1. The predicted molar refractivity (Wildman–Crippen MR) is 63.6 cm³/mol. The first-order valence-electron chi connectivity index (χ1n) is 5.70. The number of hydrogen-bond acceptors (Lipinski definition) is 7. The van der Waals surface area contributed by atoms with Crippen LogP contribution in [0.3, 0.4) is 0 Å². The summed E-state index contributed by atoms with van der Waals surface area (Å²) in [6.07, 6.45) is 1.24. The van der Waals surface area contributed by atoms with Crippen LogP contribution in [0.2, 0.25) is 0 Å². The average molecular weight is 258 g/mol. The summed E-state index contributed by atoms with van der Waals surface area (Å²) in [5, 5.41) is 8.95. The van der Waals surface area contributed by atoms with Gasteiger partial charge in [0.15, 0.2) is 5.69 Å². The lowest BCUT2D eigenvalue weighted by Gasteiger charge is -2.18. The minimum atomic E-state index is -0.525. The number of esters is 1. The van der Waals surface area contributed by atoms with Crippen molar-refractivity contribution in [1.82, 2.24) is 4.98 Å². The first-order valence-corrected chi connectivity index (χ1v) is 5.70. The van der Waals surface area contributed by atoms with Crippen molar-refractivity contribution in [3.05, 3.63) is 12.0 Å². The van der Waals surface area contributed by atoms with E-state index < -0.39 is 5.97 Å². The molecule has 1 heterocycles. The van der Waals surface area contributed by atoms with Gasteiger partial charge in [0.25, 0.3) is 6.01 Å². The largest absolute Gasteiger partial charge is 0.461 e. The molecule has 18 heavy (non-hydrogen) atoms. The van der Waals surface area contributed by atoms with Gasteiger partial charge in [-0.05, 0) is 6.92 Å². The molecule has 0 saturated carbocycles. The number of carbonyl (C=O) groups is 1. The van der Waals surface area contributed by atoms with Crippen LogP contribution < -0.4 is 4.90 Å². The molecule has 1 rings (SSSR count). The summed E-state index contributed by atoms with van der Waals surface area (Å²) < 4.78 is 14.9. The van der Waals surface area contributed by atoms with Crippen molar-refractivity contribution < 1.29 is 23.8 Å². The number of oxazole rings is 1. The molecule has 0 fully saturated rings. The van der Waals surface area contributed by atoms with E-state index in [1.807, 2.05) is 0 Å². The minimum Gasteiger partial charge on any atom is -0.461 e. The summed E-state index contributed by atoms with van der Waals surface area (Å²) in [6.45, 7) is 3.30. The van der Waals surface area contributed by atoms with Crippen LogP contribution in [0.15, 0.2) is 10.7 Å². The molecule has 0 unspecified atom stereocenters. The number of aliphatic hydroxyl groups excluding tert-OH is 1. The van der Waals surface area contributed by atoms with Gasteiger partial charge in [0, 0.05) is 20.2 Å². The molecule has 1 aromatic heterocycles. The number of ether oxygens (including phenoxy) is 2. The third-order valence-corrected chi connectivity index (χ3v) is 2.18. The molecule has 1 N–H and O–H groups in total. The van der Waals surface area contributed by atoms with Crippen molar-refractivity contribution in [1.29, 1.82) is 0 Å². The Hall–Kier alpha value is -1.60. The highest BCUT2D eigenvalue weighted by Crippen LogP contribution is 2.13. The average Bonchev–Trinajstić information content (AvgIpc) is 2.84. The van der Waals surface area contributed by atoms with Crippen molar-refractivity contribution in [2.75, 3.05) is 44.9 Å². The molecule has 102 valence electrons. The van der Waals surface area contributed by atoms with Gasteiger partial charge in [-0.25, -0.2) is 4.79 Å². The predicted octanol–water partition coefficient (Wildman–Crippen LogP) is 0.296. The number of aliphatic hydroxyl groups is 1. The van der Waals surface area contributed by atoms with E-state index >= 15 is 0 Å². The van der Waals surface area contributed by atoms with E-state index in [1.54, 1.807) is 18.9 Å². The first kappa shape index (κ1) is 14.5. The Labute approximate surface area is 105 Å². The second kappa shape index (κ2) is 7.67. The second-order valence-electron chi connectivity index (χ2n) is 3.44. The van der Waals surface area contributed by atoms with Gasteiger partial charge >= 0.3 is 5.97 Å². The van der Waals surface area contributed by atoms with Gasteiger partial charge in [-0.3, -0.25) is 0 Å². The molecule has 0 aliphatic carbocycles. The van der Waals surface area contributed by atoms with Gasteiger partial charge in [0.1, 0.15) is 6.26 Å². The maximum Gasteiger partial charge on any atom is 0.360 e. The van der Waals surface area contributed by atoms with Crippen LogP contribution >= 0.6 is 0 Å². The molecule has 0 aliphatic rings. The summed E-state index contributed by atoms with van der Waals surface area (Å²) in [5.74, 6) is -0.525. The molecule has 7 heteroatoms. The van der Waals surface area contributed by atoms with Crippen molar-refractivity contribution in [2.24, 2.45) is 0 Å². The maximum atomic E-state index is 11.4. The lowest BCUT2D eigenvalue weighted by Crippen LogP contribution is -2.30. The highest BCUT2D eigenvalue weighted by atomic mass is 16.5. The SMILES string of the molecule is CCOC(=O)c1coc(N(CCO)CCOC)n1. The molecular weight excluding hydrogens is 240 g/mol. The minimum absolute atomic E-state index is 0.0408. The Morgan fingerprint density at radius 2 is 2.33 bits per heavy atom. The van der Waals surface area contributed by atoms with E-state index in [0.29, 0.717) is 19.7 Å². The Morgan fingerprint density at radius 1 is 1.56 bits per heavy atom. The number of hydrogen-bond donors (Lipinski definition) is 1. The number of methoxy groups -OCH3 is 1. The number of nitrogens with zero attached hydrogens (tertiary/aromatic N) is 2. The molecule has 0 radical (unpaired) electrons. The maximum absolute atomic E-state index is 11.4. The van der Waals surface area contributed by atoms with Crippen LogP contribution in [0.1, 0.15) is 17.4 Å². The summed E-state index contributed by atoms with van der Waals surface area (Å²) in [5.41, 5.74) is 0.118. The van der Waals surface area contributed by atoms with Crippen LogP contribution in [0, 0.1) is 0 Å². The number of carbonyl (C=O) groups excluding carboxylic acids is 1. The first-order chi connectivity index (χ1) is 8.72. The zero-order chi connectivity index (χ0) is 13.4. The molecule has 1 aromatic rings. The van der Waals surface area contributed by atoms with Crippen LogP contribution in [0.4, 0.5) is 6.01 Å². The monoisotopic (exact) mass is 258 g/mol. The fourth-order valence-corrected chi connectivity index (χ4v) is 1.33. The Balaban J connectivity index is 2.70. The fraction of sp³-hybridized carbons (Fsp3) is 0.636. The molecule has 0 aromatic carbocycles. The van der Waals surface area contributed by atoms with E-state index in [0.717, 1.165) is 0 Å². The zero-order valence-electron chi connectivity index (χ0n) is 10.6. The molecule has 0 amide bonds. The summed E-state index contributed by atoms with van der Waals surface area (Å²) in [6, 6.07) is 0.268. The van der Waals surface area contributed by atoms with E-state index in [2.05, 4.69) is 4.98 Å². The van der Waals surface area contributed by atoms with Crippen molar-refractivity contribution in [2.45, 2.75) is 6.92 Å². The van der Waals surface area contributed by atoms with Gasteiger partial charge in [0.05, 0.1) is 19.8 Å². The molecule has 0 atom stereocenters. The van der Waals surface area contributed by atoms with E-state index in [1.165, 1.54) is 6.26 Å². The van der Waals surface area contributed by atoms with Crippen molar-refractivity contribution in [3.63, 3.8) is 0 Å². The fourth-order valence-electron chi connectivity index (χ4n) is 1.33. The zero-order valence-corrected chi connectivity index (χ0v) is 10.6. The van der Waals surface area contributed by atoms with Gasteiger partial charge in [-0.1, -0.05) is 0 Å². The normalized spacial score (nSPS) is 10.4. The molecule has 0 bridgehead atoms. The van der Waals surface area contributed by atoms with E-state index in [9.17, 15) is 4.79 Å². The van der Waals surface area contributed by atoms with Gasteiger partial charge in [-0.15, -0.1) is 0 Å². The summed E-state index contributed by atoms with van der Waals surface area (Å²) in [7, 11) is 1.58. The van der Waals surface area contributed by atoms with Crippen molar-refractivity contribution >= 4 is 12.0 Å². The van der Waals surface area contributed by atoms with Gasteiger partial charge in [-0.2, -0.15) is 4.98 Å². The molecule has 0 spiro atoms. The van der Waals surface area contributed by atoms with Gasteiger partial charge in [0.2, 0.25) is 0 Å². The standard InChI is InChI=1S/C11H18N2O5/c1-3-17-10(15)9-8-18-11(12-9)13(4-6-14)5-7-16-2/h8,14H,3-7H2,1-2H3. The van der Waals surface area contributed by atoms with Gasteiger partial charge < -0.3 is 23.9 Å². The topological polar surface area (TPSA) is 85.0 Å². The smallest absolute Gasteiger partial charge is 0.360 e. The second-order valence-corrected chi connectivity index (χ2v) is 3.44. The summed E-state index contributed by atoms with van der Waals surface area (Å²) in [4.78, 5) is 17.1. The molecular formula is C11H18N2O5. The highest BCUT2D eigenvalue weighted by molar-refractivity contribution is 5.87. The lowest BCUT2D eigenvalue weighted by atomic mass is 10.5. The Morgan fingerprint density at radius 3 is 2.94 bits per heavy atom. The molecule has 0 aliphatic heterocycles. The summed E-state index contributed by atoms with van der Waals surface area (Å²) >= 11 is 0. The van der Waals surface area contributed by atoms with E-state index in [-0.39, 0.29) is 24.9 Å². The van der Waals surface area contributed by atoms with E-state index in [4.69, 9.17) is 19.0 Å².